The summed E-state index contributed by atoms with van der Waals surface area (Å²) in [6.07, 6.45) is 6.54. The molecule has 8 heteroatoms. The van der Waals surface area contributed by atoms with Crippen LogP contribution in [0.2, 0.25) is 0 Å². The standard InChI is InChI=1S/C15H14FNO2.C14H23N3O.2C2H6/c16-14-4-2-1-3-13(14)11-5-7-12(8-6-11)15(9-18)17-10-19;1-10(2)13(16-8-11(3)15-9-16)14(18)17-7-5-6-12(17)4;2*1-2/h1-8,10,15,18H,9H2,(H,17,19);8-10,12-13H,5-7H2,1-4H3;2*1-2H3. The van der Waals surface area contributed by atoms with E-state index in [-0.39, 0.29) is 30.3 Å². The van der Waals surface area contributed by atoms with Crippen molar-refractivity contribution in [2.45, 2.75) is 86.4 Å². The van der Waals surface area contributed by atoms with Crippen molar-refractivity contribution in [2.24, 2.45) is 5.92 Å². The summed E-state index contributed by atoms with van der Waals surface area (Å²) in [4.78, 5) is 29.4. The summed E-state index contributed by atoms with van der Waals surface area (Å²) in [6, 6.07) is 13.4. The molecular formula is C33H49FN4O3. The summed E-state index contributed by atoms with van der Waals surface area (Å²) in [6.45, 7) is 17.0. The fourth-order valence-corrected chi connectivity index (χ4v) is 4.71. The van der Waals surface area contributed by atoms with Gasteiger partial charge in [0.1, 0.15) is 11.9 Å². The molecule has 3 atom stereocenters. The fourth-order valence-electron chi connectivity index (χ4n) is 4.71. The van der Waals surface area contributed by atoms with Gasteiger partial charge in [-0.15, -0.1) is 0 Å². The molecule has 3 aromatic rings. The average Bonchev–Trinajstić information content (AvgIpc) is 3.62. The lowest BCUT2D eigenvalue weighted by molar-refractivity contribution is -0.136. The highest BCUT2D eigenvalue weighted by Crippen LogP contribution is 2.26. The number of aryl methyl sites for hydroxylation is 1. The Morgan fingerprint density at radius 3 is 2.22 bits per heavy atom. The second-order valence-electron chi connectivity index (χ2n) is 9.80. The highest BCUT2D eigenvalue weighted by atomic mass is 19.1. The minimum atomic E-state index is -0.438. The van der Waals surface area contributed by atoms with Crippen LogP contribution in [-0.2, 0) is 9.59 Å². The topological polar surface area (TPSA) is 87.5 Å². The maximum absolute atomic E-state index is 13.6. The van der Waals surface area contributed by atoms with Crippen LogP contribution in [0.5, 0.6) is 0 Å². The van der Waals surface area contributed by atoms with Gasteiger partial charge in [0.25, 0.3) is 0 Å². The predicted molar refractivity (Wildman–Crippen MR) is 165 cm³/mol. The van der Waals surface area contributed by atoms with Crippen molar-refractivity contribution in [1.29, 1.82) is 0 Å². The largest absolute Gasteiger partial charge is 0.394 e. The number of amides is 2. The summed E-state index contributed by atoms with van der Waals surface area (Å²) in [5.41, 5.74) is 3.01. The van der Waals surface area contributed by atoms with Crippen molar-refractivity contribution < 1.29 is 19.1 Å². The Labute approximate surface area is 245 Å². The number of aliphatic hydroxyl groups is 1. The monoisotopic (exact) mass is 568 g/mol. The van der Waals surface area contributed by atoms with Gasteiger partial charge in [-0.05, 0) is 49.8 Å². The number of carbonyl (C=O) groups excluding carboxylic acids is 2. The summed E-state index contributed by atoms with van der Waals surface area (Å²) in [5.74, 6) is 0.242. The van der Waals surface area contributed by atoms with Crippen molar-refractivity contribution in [2.75, 3.05) is 13.2 Å². The first kappa shape index (κ1) is 35.5. The fraction of sp³-hybridized carbons (Fsp3) is 0.485. The number of hydrogen-bond acceptors (Lipinski definition) is 4. The van der Waals surface area contributed by atoms with Gasteiger partial charge in [-0.2, -0.15) is 0 Å². The number of halogens is 1. The van der Waals surface area contributed by atoms with Crippen LogP contribution >= 0.6 is 0 Å². The van der Waals surface area contributed by atoms with Crippen molar-refractivity contribution in [1.82, 2.24) is 19.8 Å². The van der Waals surface area contributed by atoms with Crippen LogP contribution in [0.15, 0.2) is 61.1 Å². The van der Waals surface area contributed by atoms with Crippen LogP contribution in [0.25, 0.3) is 11.1 Å². The van der Waals surface area contributed by atoms with Crippen LogP contribution < -0.4 is 5.32 Å². The first-order valence-electron chi connectivity index (χ1n) is 14.7. The number of imidazole rings is 1. The first-order chi connectivity index (χ1) is 19.8. The molecule has 0 bridgehead atoms. The van der Waals surface area contributed by atoms with Gasteiger partial charge in [-0.3, -0.25) is 9.59 Å². The van der Waals surface area contributed by atoms with E-state index in [2.05, 4.69) is 31.1 Å². The lowest BCUT2D eigenvalue weighted by Crippen LogP contribution is -2.40. The Balaban J connectivity index is 0.000000366. The molecular weight excluding hydrogens is 519 g/mol. The lowest BCUT2D eigenvalue weighted by Gasteiger charge is -2.29. The first-order valence-corrected chi connectivity index (χ1v) is 14.7. The van der Waals surface area contributed by atoms with Crippen LogP contribution in [0.1, 0.15) is 84.6 Å². The van der Waals surface area contributed by atoms with Crippen LogP contribution in [0, 0.1) is 18.7 Å². The van der Waals surface area contributed by atoms with E-state index >= 15 is 0 Å². The molecule has 3 unspecified atom stereocenters. The number of nitrogens with zero attached hydrogens (tertiary/aromatic N) is 3. The summed E-state index contributed by atoms with van der Waals surface area (Å²) >= 11 is 0. The third-order valence-corrected chi connectivity index (χ3v) is 6.72. The molecule has 1 aliphatic rings. The molecule has 226 valence electrons. The molecule has 2 aromatic carbocycles. The molecule has 2 N–H and O–H groups in total. The molecule has 1 aliphatic heterocycles. The van der Waals surface area contributed by atoms with Gasteiger partial charge >= 0.3 is 0 Å². The number of rotatable bonds is 8. The van der Waals surface area contributed by atoms with Gasteiger partial charge in [0, 0.05) is 24.3 Å². The minimum Gasteiger partial charge on any atom is -0.394 e. The number of likely N-dealkylation sites (tertiary alicyclic amines) is 1. The number of aliphatic hydroxyl groups excluding tert-OH is 1. The van der Waals surface area contributed by atoms with E-state index in [0.29, 0.717) is 18.0 Å². The highest BCUT2D eigenvalue weighted by molar-refractivity contribution is 5.81. The molecule has 2 amide bonds. The minimum absolute atomic E-state index is 0.119. The number of aromatic nitrogens is 2. The second kappa shape index (κ2) is 18.8. The van der Waals surface area contributed by atoms with E-state index in [1.807, 2.05) is 50.3 Å². The normalized spacial score (nSPS) is 15.3. The molecule has 2 heterocycles. The maximum Gasteiger partial charge on any atom is 0.246 e. The Bertz CT molecular complexity index is 1160. The Kier molecular flexibility index (Phi) is 16.2. The van der Waals surface area contributed by atoms with E-state index in [4.69, 9.17) is 5.11 Å². The zero-order valence-corrected chi connectivity index (χ0v) is 26.0. The third-order valence-electron chi connectivity index (χ3n) is 6.72. The third kappa shape index (κ3) is 10.1. The Morgan fingerprint density at radius 2 is 1.76 bits per heavy atom. The number of carbonyl (C=O) groups is 2. The van der Waals surface area contributed by atoms with E-state index in [1.54, 1.807) is 48.8 Å². The molecule has 41 heavy (non-hydrogen) atoms. The Hall–Kier alpha value is -3.52. The van der Waals surface area contributed by atoms with Gasteiger partial charge in [0.15, 0.2) is 0 Å². The van der Waals surface area contributed by atoms with Crippen LogP contribution in [0.4, 0.5) is 4.39 Å². The van der Waals surface area contributed by atoms with Gasteiger partial charge in [0.05, 0.1) is 24.7 Å². The van der Waals surface area contributed by atoms with E-state index in [9.17, 15) is 14.0 Å². The highest BCUT2D eigenvalue weighted by Gasteiger charge is 2.33. The maximum atomic E-state index is 13.6. The Morgan fingerprint density at radius 1 is 1.12 bits per heavy atom. The molecule has 4 rings (SSSR count). The number of nitrogens with one attached hydrogen (secondary N) is 1. The van der Waals surface area contributed by atoms with Crippen LogP contribution in [-0.4, -0.2) is 51.1 Å². The number of benzene rings is 2. The van der Waals surface area contributed by atoms with Gasteiger partial charge in [-0.1, -0.05) is 84.0 Å². The summed E-state index contributed by atoms with van der Waals surface area (Å²) in [5, 5.41) is 11.7. The summed E-state index contributed by atoms with van der Waals surface area (Å²) < 4.78 is 15.6. The molecule has 1 saturated heterocycles. The van der Waals surface area contributed by atoms with Crippen molar-refractivity contribution in [3.05, 3.63) is 78.1 Å². The zero-order valence-electron chi connectivity index (χ0n) is 26.0. The summed E-state index contributed by atoms with van der Waals surface area (Å²) in [7, 11) is 0. The van der Waals surface area contributed by atoms with E-state index < -0.39 is 6.04 Å². The molecule has 1 fully saturated rings. The smallest absolute Gasteiger partial charge is 0.246 e. The van der Waals surface area contributed by atoms with Crippen molar-refractivity contribution >= 4 is 12.3 Å². The van der Waals surface area contributed by atoms with E-state index in [1.165, 1.54) is 6.07 Å². The van der Waals surface area contributed by atoms with Gasteiger partial charge < -0.3 is 19.9 Å². The van der Waals surface area contributed by atoms with Crippen molar-refractivity contribution in [3.63, 3.8) is 0 Å². The average molecular weight is 569 g/mol. The molecule has 0 spiro atoms. The van der Waals surface area contributed by atoms with Gasteiger partial charge in [0.2, 0.25) is 12.3 Å². The SMILES string of the molecule is CC.CC.Cc1cn(C(C(=O)N2CCCC2C)C(C)C)cn1.O=CNC(CO)c1ccc(-c2ccccc2F)cc1. The molecule has 0 saturated carbocycles. The van der Waals surface area contributed by atoms with Crippen LogP contribution in [0.3, 0.4) is 0 Å². The zero-order chi connectivity index (χ0) is 30.9. The lowest BCUT2D eigenvalue weighted by atomic mass is 10.0. The second-order valence-corrected chi connectivity index (χ2v) is 9.80. The molecule has 0 aliphatic carbocycles. The predicted octanol–water partition coefficient (Wildman–Crippen LogP) is 6.72. The molecule has 1 aromatic heterocycles. The van der Waals surface area contributed by atoms with E-state index in [0.717, 1.165) is 36.2 Å². The quantitative estimate of drug-likeness (QED) is 0.295. The van der Waals surface area contributed by atoms with Gasteiger partial charge in [-0.25, -0.2) is 9.37 Å². The van der Waals surface area contributed by atoms with Crippen molar-refractivity contribution in [3.8, 4) is 11.1 Å². The molecule has 7 nitrogen and oxygen atoms in total. The number of hydrogen-bond donors (Lipinski definition) is 2. The molecule has 0 radical (unpaired) electrons.